The van der Waals surface area contributed by atoms with Crippen molar-refractivity contribution in [2.75, 3.05) is 6.54 Å². The SMILES string of the molecule is Cc1cc(C)n2c1C(=S)N(CC(=O)O)C2=O. The van der Waals surface area contributed by atoms with Crippen molar-refractivity contribution in [3.63, 3.8) is 0 Å². The monoisotopic (exact) mass is 238 g/mol. The Morgan fingerprint density at radius 1 is 1.50 bits per heavy atom. The molecule has 0 saturated heterocycles. The lowest BCUT2D eigenvalue weighted by Gasteiger charge is -2.12. The molecule has 5 nitrogen and oxygen atoms in total. The number of carbonyl (C=O) groups is 2. The van der Waals surface area contributed by atoms with E-state index in [1.807, 2.05) is 13.0 Å². The Labute approximate surface area is 97.3 Å². The van der Waals surface area contributed by atoms with Gasteiger partial charge in [-0.2, -0.15) is 0 Å². The number of hydrogen-bond acceptors (Lipinski definition) is 3. The number of nitrogens with zero attached hydrogens (tertiary/aromatic N) is 2. The number of thiocarbonyl (C=S) groups is 1. The van der Waals surface area contributed by atoms with Crippen molar-refractivity contribution in [2.24, 2.45) is 0 Å². The van der Waals surface area contributed by atoms with Crippen LogP contribution in [0, 0.1) is 13.8 Å². The molecule has 0 radical (unpaired) electrons. The summed E-state index contributed by atoms with van der Waals surface area (Å²) in [7, 11) is 0. The smallest absolute Gasteiger partial charge is 0.334 e. The maximum atomic E-state index is 11.9. The van der Waals surface area contributed by atoms with Crippen LogP contribution in [-0.4, -0.2) is 38.1 Å². The van der Waals surface area contributed by atoms with Crippen LogP contribution >= 0.6 is 12.2 Å². The molecule has 1 aromatic heterocycles. The van der Waals surface area contributed by atoms with Crippen LogP contribution < -0.4 is 0 Å². The number of aryl methyl sites for hydroxylation is 2. The molecular weight excluding hydrogens is 228 g/mol. The lowest BCUT2D eigenvalue weighted by Crippen LogP contribution is -2.35. The van der Waals surface area contributed by atoms with Gasteiger partial charge in [0.2, 0.25) is 0 Å². The summed E-state index contributed by atoms with van der Waals surface area (Å²) < 4.78 is 1.46. The quantitative estimate of drug-likeness (QED) is 0.785. The average molecular weight is 238 g/mol. The summed E-state index contributed by atoms with van der Waals surface area (Å²) in [6.07, 6.45) is 0. The van der Waals surface area contributed by atoms with Crippen LogP contribution in [-0.2, 0) is 4.79 Å². The molecule has 0 bridgehead atoms. The van der Waals surface area contributed by atoms with Crippen LogP contribution in [0.2, 0.25) is 0 Å². The number of rotatable bonds is 2. The molecule has 2 heterocycles. The Bertz CT molecular complexity index is 482. The van der Waals surface area contributed by atoms with E-state index in [0.717, 1.165) is 16.2 Å². The molecule has 1 N–H and O–H groups in total. The average Bonchev–Trinajstić information content (AvgIpc) is 2.58. The minimum Gasteiger partial charge on any atom is -0.480 e. The number of aromatic nitrogens is 1. The van der Waals surface area contributed by atoms with Crippen molar-refractivity contribution in [3.8, 4) is 0 Å². The zero-order valence-corrected chi connectivity index (χ0v) is 9.67. The standard InChI is InChI=1S/C10H10N2O3S/c1-5-3-6(2)12-8(5)9(16)11(10(12)15)4-7(13)14/h3H,4H2,1-2H3,(H,13,14). The van der Waals surface area contributed by atoms with E-state index in [1.165, 1.54) is 4.57 Å². The first-order valence-corrected chi connectivity index (χ1v) is 5.11. The van der Waals surface area contributed by atoms with Gasteiger partial charge in [-0.1, -0.05) is 12.2 Å². The second-order valence-electron chi connectivity index (χ2n) is 3.72. The predicted octanol–water partition coefficient (Wildman–Crippen LogP) is 1.15. The minimum absolute atomic E-state index is 0.290. The highest BCUT2D eigenvalue weighted by Gasteiger charge is 2.35. The van der Waals surface area contributed by atoms with Crippen molar-refractivity contribution in [1.29, 1.82) is 0 Å². The Balaban J connectivity index is 2.49. The van der Waals surface area contributed by atoms with E-state index in [-0.39, 0.29) is 11.0 Å². The van der Waals surface area contributed by atoms with Crippen LogP contribution in [0.3, 0.4) is 0 Å². The van der Waals surface area contributed by atoms with Gasteiger partial charge in [-0.3, -0.25) is 14.3 Å². The zero-order chi connectivity index (χ0) is 12.0. The molecule has 16 heavy (non-hydrogen) atoms. The van der Waals surface area contributed by atoms with Gasteiger partial charge in [0.1, 0.15) is 11.5 Å². The van der Waals surface area contributed by atoms with E-state index in [4.69, 9.17) is 17.3 Å². The topological polar surface area (TPSA) is 62.5 Å². The van der Waals surface area contributed by atoms with E-state index in [9.17, 15) is 9.59 Å². The minimum atomic E-state index is -1.07. The highest BCUT2D eigenvalue weighted by atomic mass is 32.1. The van der Waals surface area contributed by atoms with Gasteiger partial charge >= 0.3 is 12.0 Å². The maximum absolute atomic E-state index is 11.9. The summed E-state index contributed by atoms with van der Waals surface area (Å²) in [5, 5.41) is 8.70. The summed E-state index contributed by atoms with van der Waals surface area (Å²) >= 11 is 5.11. The molecular formula is C10H10N2O3S. The van der Waals surface area contributed by atoms with Gasteiger partial charge in [0.25, 0.3) is 0 Å². The Morgan fingerprint density at radius 2 is 2.12 bits per heavy atom. The number of fused-ring (bicyclic) bond motifs is 1. The Hall–Kier alpha value is -1.69. The van der Waals surface area contributed by atoms with Gasteiger partial charge in [0.05, 0.1) is 5.69 Å². The van der Waals surface area contributed by atoms with E-state index in [2.05, 4.69) is 0 Å². The van der Waals surface area contributed by atoms with Gasteiger partial charge in [-0.15, -0.1) is 0 Å². The number of carboxylic acid groups (broad SMARTS) is 1. The molecule has 0 aromatic carbocycles. The maximum Gasteiger partial charge on any atom is 0.334 e. The first-order valence-electron chi connectivity index (χ1n) is 4.70. The third-order valence-corrected chi connectivity index (χ3v) is 2.95. The summed E-state index contributed by atoms with van der Waals surface area (Å²) in [6, 6.07) is 1.48. The van der Waals surface area contributed by atoms with Gasteiger partial charge in [0.15, 0.2) is 0 Å². The summed E-state index contributed by atoms with van der Waals surface area (Å²) in [5.74, 6) is -1.07. The summed E-state index contributed by atoms with van der Waals surface area (Å²) in [6.45, 7) is 3.25. The fourth-order valence-corrected chi connectivity index (χ4v) is 2.31. The molecule has 1 aliphatic rings. The first kappa shape index (κ1) is 10.8. The van der Waals surface area contributed by atoms with Crippen molar-refractivity contribution < 1.29 is 14.7 Å². The molecule has 0 saturated carbocycles. The first-order chi connectivity index (χ1) is 7.43. The van der Waals surface area contributed by atoms with Gasteiger partial charge in [0, 0.05) is 5.69 Å². The number of carboxylic acids is 1. The number of hydrogen-bond donors (Lipinski definition) is 1. The van der Waals surface area contributed by atoms with Crippen molar-refractivity contribution >= 4 is 29.2 Å². The lowest BCUT2D eigenvalue weighted by atomic mass is 10.2. The third kappa shape index (κ3) is 1.34. The highest BCUT2D eigenvalue weighted by Crippen LogP contribution is 2.24. The van der Waals surface area contributed by atoms with Gasteiger partial charge in [-0.05, 0) is 25.5 Å². The molecule has 0 atom stereocenters. The Morgan fingerprint density at radius 3 is 2.62 bits per heavy atom. The lowest BCUT2D eigenvalue weighted by molar-refractivity contribution is -0.136. The van der Waals surface area contributed by atoms with Crippen LogP contribution in [0.5, 0.6) is 0 Å². The van der Waals surface area contributed by atoms with E-state index in [1.54, 1.807) is 6.92 Å². The van der Waals surface area contributed by atoms with E-state index < -0.39 is 12.5 Å². The molecule has 1 aromatic rings. The van der Waals surface area contributed by atoms with Crippen molar-refractivity contribution in [2.45, 2.75) is 13.8 Å². The van der Waals surface area contributed by atoms with Crippen LogP contribution in [0.4, 0.5) is 4.79 Å². The normalized spacial score (nSPS) is 14.5. The fraction of sp³-hybridized carbons (Fsp3) is 0.300. The van der Waals surface area contributed by atoms with Gasteiger partial charge in [-0.25, -0.2) is 4.79 Å². The van der Waals surface area contributed by atoms with Crippen LogP contribution in [0.15, 0.2) is 6.07 Å². The molecule has 6 heteroatoms. The zero-order valence-electron chi connectivity index (χ0n) is 8.85. The molecule has 0 spiro atoms. The fourth-order valence-electron chi connectivity index (χ4n) is 1.92. The summed E-state index contributed by atoms with van der Waals surface area (Å²) in [4.78, 5) is 23.9. The second kappa shape index (κ2) is 3.41. The molecule has 1 amide bonds. The van der Waals surface area contributed by atoms with Gasteiger partial charge < -0.3 is 5.11 Å². The molecule has 1 aliphatic heterocycles. The number of carbonyl (C=O) groups excluding carboxylic acids is 1. The Kier molecular flexibility index (Phi) is 2.31. The molecule has 0 aliphatic carbocycles. The third-order valence-electron chi connectivity index (χ3n) is 2.54. The molecule has 2 rings (SSSR count). The van der Waals surface area contributed by atoms with Crippen LogP contribution in [0.1, 0.15) is 17.0 Å². The number of amides is 1. The molecule has 0 fully saturated rings. The molecule has 84 valence electrons. The van der Waals surface area contributed by atoms with Crippen molar-refractivity contribution in [1.82, 2.24) is 9.47 Å². The highest BCUT2D eigenvalue weighted by molar-refractivity contribution is 7.80. The second-order valence-corrected chi connectivity index (χ2v) is 4.11. The molecule has 0 unspecified atom stereocenters. The van der Waals surface area contributed by atoms with Crippen molar-refractivity contribution in [3.05, 3.63) is 23.0 Å². The number of aliphatic carboxylic acids is 1. The van der Waals surface area contributed by atoms with E-state index >= 15 is 0 Å². The summed E-state index contributed by atoms with van der Waals surface area (Å²) in [5.41, 5.74) is 2.30. The van der Waals surface area contributed by atoms with Crippen LogP contribution in [0.25, 0.3) is 0 Å². The largest absolute Gasteiger partial charge is 0.480 e. The predicted molar refractivity (Wildman–Crippen MR) is 60.7 cm³/mol. The van der Waals surface area contributed by atoms with E-state index in [0.29, 0.717) is 5.69 Å².